The van der Waals surface area contributed by atoms with E-state index in [0.29, 0.717) is 6.42 Å². The first-order valence-electron chi connectivity index (χ1n) is 4.57. The van der Waals surface area contributed by atoms with Gasteiger partial charge in [-0.3, -0.25) is 5.41 Å². The van der Waals surface area contributed by atoms with Crippen LogP contribution in [-0.2, 0) is 6.42 Å². The number of benzene rings is 1. The molecule has 3 N–H and O–H groups in total. The summed E-state index contributed by atoms with van der Waals surface area (Å²) in [5.41, 5.74) is 7.61. The summed E-state index contributed by atoms with van der Waals surface area (Å²) in [6.45, 7) is 6.03. The van der Waals surface area contributed by atoms with E-state index in [1.54, 1.807) is 0 Å². The molecular weight excluding hydrogens is 160 g/mol. The van der Waals surface area contributed by atoms with Crippen LogP contribution in [0.2, 0.25) is 0 Å². The number of nitrogens with two attached hydrogens (primary N) is 1. The van der Waals surface area contributed by atoms with Crippen LogP contribution in [0.15, 0.2) is 24.3 Å². The monoisotopic (exact) mass is 178 g/mol. The van der Waals surface area contributed by atoms with E-state index >= 15 is 0 Å². The normalized spacial score (nSPS) is 8.54. The first-order chi connectivity index (χ1) is 6.20. The van der Waals surface area contributed by atoms with E-state index in [1.807, 2.05) is 45.0 Å². The van der Waals surface area contributed by atoms with Gasteiger partial charge in [0.1, 0.15) is 0 Å². The lowest BCUT2D eigenvalue weighted by Crippen LogP contribution is -2.13. The van der Waals surface area contributed by atoms with Gasteiger partial charge in [0.05, 0.1) is 5.84 Å². The maximum atomic E-state index is 7.11. The van der Waals surface area contributed by atoms with E-state index in [9.17, 15) is 0 Å². The summed E-state index contributed by atoms with van der Waals surface area (Å²) in [7, 11) is 0. The molecule has 1 rings (SSSR count). The zero-order chi connectivity index (χ0) is 10.3. The van der Waals surface area contributed by atoms with Crippen LogP contribution in [0.1, 0.15) is 25.0 Å². The van der Waals surface area contributed by atoms with Gasteiger partial charge >= 0.3 is 0 Å². The minimum absolute atomic E-state index is 0.222. The predicted octanol–water partition coefficient (Wildman–Crippen LogP) is 2.50. The van der Waals surface area contributed by atoms with Gasteiger partial charge in [0, 0.05) is 6.42 Å². The maximum absolute atomic E-state index is 7.11. The average Bonchev–Trinajstić information content (AvgIpc) is 2.12. The van der Waals surface area contributed by atoms with Crippen molar-refractivity contribution in [3.8, 4) is 0 Å². The lowest BCUT2D eigenvalue weighted by Gasteiger charge is -2.02. The molecule has 1 aromatic rings. The molecule has 0 amide bonds. The van der Waals surface area contributed by atoms with Crippen molar-refractivity contribution in [3.63, 3.8) is 0 Å². The Labute approximate surface area is 80.3 Å². The second-order valence-electron chi connectivity index (χ2n) is 2.63. The highest BCUT2D eigenvalue weighted by molar-refractivity contribution is 5.79. The number of hydrogen-bond acceptors (Lipinski definition) is 1. The standard InChI is InChI=1S/C9H12N2.C2H6/c1-7-4-2-3-5-8(7)6-9(10)11;1-2/h2-5H,6H2,1H3,(H3,10,11);1-2H3. The van der Waals surface area contributed by atoms with Crippen molar-refractivity contribution in [2.24, 2.45) is 5.73 Å². The minimum Gasteiger partial charge on any atom is -0.387 e. The van der Waals surface area contributed by atoms with E-state index in [-0.39, 0.29) is 5.84 Å². The van der Waals surface area contributed by atoms with Crippen molar-refractivity contribution in [3.05, 3.63) is 35.4 Å². The molecule has 0 heterocycles. The Balaban J connectivity index is 0.000000671. The summed E-state index contributed by atoms with van der Waals surface area (Å²) in [4.78, 5) is 0. The zero-order valence-corrected chi connectivity index (χ0v) is 8.59. The minimum atomic E-state index is 0.222. The molecule has 0 saturated carbocycles. The number of aryl methyl sites for hydroxylation is 1. The number of amidine groups is 1. The third kappa shape index (κ3) is 4.31. The molecule has 0 fully saturated rings. The molecule has 13 heavy (non-hydrogen) atoms. The fraction of sp³-hybridized carbons (Fsp3) is 0.364. The largest absolute Gasteiger partial charge is 0.387 e. The van der Waals surface area contributed by atoms with Crippen LogP contribution in [-0.4, -0.2) is 5.84 Å². The van der Waals surface area contributed by atoms with Gasteiger partial charge < -0.3 is 5.73 Å². The summed E-state index contributed by atoms with van der Waals surface area (Å²) < 4.78 is 0. The molecule has 0 saturated heterocycles. The number of hydrogen-bond donors (Lipinski definition) is 2. The van der Waals surface area contributed by atoms with Crippen LogP contribution in [0.3, 0.4) is 0 Å². The molecule has 0 atom stereocenters. The highest BCUT2D eigenvalue weighted by Gasteiger charge is 1.96. The van der Waals surface area contributed by atoms with E-state index in [0.717, 1.165) is 5.56 Å². The first-order valence-corrected chi connectivity index (χ1v) is 4.57. The first kappa shape index (κ1) is 11.7. The Kier molecular flexibility index (Phi) is 5.60. The van der Waals surface area contributed by atoms with Crippen LogP contribution >= 0.6 is 0 Å². The number of rotatable bonds is 2. The zero-order valence-electron chi connectivity index (χ0n) is 8.59. The third-order valence-corrected chi connectivity index (χ3v) is 1.64. The molecule has 0 radical (unpaired) electrons. The SMILES string of the molecule is CC.Cc1ccccc1CC(=N)N. The summed E-state index contributed by atoms with van der Waals surface area (Å²) in [5, 5.41) is 7.11. The van der Waals surface area contributed by atoms with Crippen LogP contribution in [0.4, 0.5) is 0 Å². The van der Waals surface area contributed by atoms with Gasteiger partial charge in [-0.2, -0.15) is 0 Å². The second-order valence-corrected chi connectivity index (χ2v) is 2.63. The molecule has 0 bridgehead atoms. The van der Waals surface area contributed by atoms with Crippen LogP contribution in [0.25, 0.3) is 0 Å². The molecule has 0 aliphatic heterocycles. The van der Waals surface area contributed by atoms with Crippen LogP contribution < -0.4 is 5.73 Å². The van der Waals surface area contributed by atoms with E-state index in [4.69, 9.17) is 11.1 Å². The topological polar surface area (TPSA) is 49.9 Å². The Bertz CT molecular complexity index is 267. The van der Waals surface area contributed by atoms with Crippen molar-refractivity contribution in [2.45, 2.75) is 27.2 Å². The van der Waals surface area contributed by atoms with Crippen molar-refractivity contribution in [1.82, 2.24) is 0 Å². The highest BCUT2D eigenvalue weighted by atomic mass is 14.7. The lowest BCUT2D eigenvalue weighted by atomic mass is 10.1. The molecule has 0 unspecified atom stereocenters. The molecular formula is C11H18N2. The van der Waals surface area contributed by atoms with E-state index in [1.165, 1.54) is 5.56 Å². The summed E-state index contributed by atoms with van der Waals surface area (Å²) in [6.07, 6.45) is 0.562. The quantitative estimate of drug-likeness (QED) is 0.530. The van der Waals surface area contributed by atoms with Crippen molar-refractivity contribution in [1.29, 1.82) is 5.41 Å². The van der Waals surface area contributed by atoms with Crippen LogP contribution in [0, 0.1) is 12.3 Å². The summed E-state index contributed by atoms with van der Waals surface area (Å²) in [5.74, 6) is 0.222. The Morgan fingerprint density at radius 2 is 1.85 bits per heavy atom. The predicted molar refractivity (Wildman–Crippen MR) is 58.1 cm³/mol. The van der Waals surface area contributed by atoms with E-state index in [2.05, 4.69) is 0 Å². The molecule has 0 aliphatic carbocycles. The Hall–Kier alpha value is -1.31. The van der Waals surface area contributed by atoms with Gasteiger partial charge in [0.25, 0.3) is 0 Å². The smallest absolute Gasteiger partial charge is 0.0950 e. The van der Waals surface area contributed by atoms with Crippen LogP contribution in [0.5, 0.6) is 0 Å². The van der Waals surface area contributed by atoms with Gasteiger partial charge in [-0.05, 0) is 18.1 Å². The molecule has 0 spiro atoms. The fourth-order valence-corrected chi connectivity index (χ4v) is 1.01. The van der Waals surface area contributed by atoms with Gasteiger partial charge in [-0.25, -0.2) is 0 Å². The second kappa shape index (κ2) is 6.23. The molecule has 1 aromatic carbocycles. The van der Waals surface area contributed by atoms with Crippen molar-refractivity contribution < 1.29 is 0 Å². The van der Waals surface area contributed by atoms with Gasteiger partial charge in [-0.1, -0.05) is 38.1 Å². The lowest BCUT2D eigenvalue weighted by molar-refractivity contribution is 1.21. The fourth-order valence-electron chi connectivity index (χ4n) is 1.01. The summed E-state index contributed by atoms with van der Waals surface area (Å²) in [6, 6.07) is 7.97. The molecule has 0 aliphatic rings. The average molecular weight is 178 g/mol. The molecule has 72 valence electrons. The Morgan fingerprint density at radius 1 is 1.31 bits per heavy atom. The maximum Gasteiger partial charge on any atom is 0.0950 e. The summed E-state index contributed by atoms with van der Waals surface area (Å²) >= 11 is 0. The third-order valence-electron chi connectivity index (χ3n) is 1.64. The molecule has 0 aromatic heterocycles. The van der Waals surface area contributed by atoms with Crippen molar-refractivity contribution in [2.75, 3.05) is 0 Å². The number of nitrogens with one attached hydrogen (secondary N) is 1. The van der Waals surface area contributed by atoms with E-state index < -0.39 is 0 Å². The van der Waals surface area contributed by atoms with Gasteiger partial charge in [0.2, 0.25) is 0 Å². The van der Waals surface area contributed by atoms with Gasteiger partial charge in [0.15, 0.2) is 0 Å². The van der Waals surface area contributed by atoms with Gasteiger partial charge in [-0.15, -0.1) is 0 Å². The van der Waals surface area contributed by atoms with Crippen molar-refractivity contribution >= 4 is 5.84 Å². The molecule has 2 nitrogen and oxygen atoms in total. The highest BCUT2D eigenvalue weighted by Crippen LogP contribution is 2.06. The molecule has 2 heteroatoms. The Morgan fingerprint density at radius 3 is 2.31 bits per heavy atom.